The minimum atomic E-state index is -3.81. The zero-order valence-electron chi connectivity index (χ0n) is 19.9. The molecule has 10 heteroatoms. The Bertz CT molecular complexity index is 1150. The molecule has 0 unspecified atom stereocenters. The maximum atomic E-state index is 13.6. The monoisotopic (exact) mass is 489 g/mol. The Balaban J connectivity index is 1.97. The predicted octanol–water partition coefficient (Wildman–Crippen LogP) is 2.43. The molecular weight excluding hydrogens is 458 g/mol. The van der Waals surface area contributed by atoms with Crippen LogP contribution in [0.1, 0.15) is 31.4 Å². The van der Waals surface area contributed by atoms with Gasteiger partial charge in [0.1, 0.15) is 12.6 Å². The second kappa shape index (κ2) is 10.8. The number of nitrogens with zero attached hydrogens (tertiary/aromatic N) is 2. The standard InChI is InChI=1S/C24H31N3O6S/c1-5-20(24(29)25-4)26(14-18-9-7-8-17(3)12-18)23(28)15-27(34(30,31)6-2)19-10-11-21-22(13-19)33-16-32-21/h7-13,20H,5-6,14-16H2,1-4H3,(H,25,29)/t20-/m0/s1. The Morgan fingerprint density at radius 2 is 1.82 bits per heavy atom. The third-order valence-corrected chi connectivity index (χ3v) is 7.43. The number of rotatable bonds is 10. The van der Waals surface area contributed by atoms with Crippen LogP contribution in [0.5, 0.6) is 11.5 Å². The lowest BCUT2D eigenvalue weighted by molar-refractivity contribution is -0.140. The number of ether oxygens (including phenoxy) is 2. The zero-order chi connectivity index (χ0) is 24.9. The van der Waals surface area contributed by atoms with E-state index < -0.39 is 28.5 Å². The first-order valence-electron chi connectivity index (χ1n) is 11.2. The van der Waals surface area contributed by atoms with E-state index in [9.17, 15) is 18.0 Å². The van der Waals surface area contributed by atoms with Crippen LogP contribution in [-0.2, 0) is 26.2 Å². The Morgan fingerprint density at radius 3 is 2.47 bits per heavy atom. The summed E-state index contributed by atoms with van der Waals surface area (Å²) in [5.41, 5.74) is 2.17. The zero-order valence-corrected chi connectivity index (χ0v) is 20.7. The minimum absolute atomic E-state index is 0.0484. The number of amides is 2. The molecule has 184 valence electrons. The second-order valence-electron chi connectivity index (χ2n) is 7.99. The molecule has 0 aromatic heterocycles. The fourth-order valence-electron chi connectivity index (χ4n) is 3.85. The summed E-state index contributed by atoms with van der Waals surface area (Å²) in [4.78, 5) is 27.7. The number of carbonyl (C=O) groups is 2. The summed E-state index contributed by atoms with van der Waals surface area (Å²) >= 11 is 0. The molecule has 2 aromatic carbocycles. The molecule has 0 radical (unpaired) electrons. The highest BCUT2D eigenvalue weighted by Gasteiger charge is 2.32. The number of likely N-dealkylation sites (N-methyl/N-ethyl adjacent to an activating group) is 1. The summed E-state index contributed by atoms with van der Waals surface area (Å²) in [7, 11) is -2.29. The lowest BCUT2D eigenvalue weighted by atomic mass is 10.1. The maximum absolute atomic E-state index is 13.6. The molecule has 0 spiro atoms. The molecule has 1 N–H and O–H groups in total. The summed E-state index contributed by atoms with van der Waals surface area (Å²) in [5.74, 6) is -0.0624. The van der Waals surface area contributed by atoms with Gasteiger partial charge in [0.15, 0.2) is 11.5 Å². The first kappa shape index (κ1) is 25.4. The minimum Gasteiger partial charge on any atom is -0.454 e. The highest BCUT2D eigenvalue weighted by atomic mass is 32.2. The first-order valence-corrected chi connectivity index (χ1v) is 12.8. The predicted molar refractivity (Wildman–Crippen MR) is 129 cm³/mol. The summed E-state index contributed by atoms with van der Waals surface area (Å²) in [6.07, 6.45) is 0.377. The maximum Gasteiger partial charge on any atom is 0.244 e. The van der Waals surface area contributed by atoms with Crippen LogP contribution < -0.4 is 19.1 Å². The SMILES string of the molecule is CC[C@@H](C(=O)NC)N(Cc1cccc(C)c1)C(=O)CN(c1ccc2c(c1)OCO2)S(=O)(=O)CC. The normalized spacial score (nSPS) is 13.3. The van der Waals surface area contributed by atoms with Gasteiger partial charge in [0.2, 0.25) is 28.6 Å². The fraction of sp³-hybridized carbons (Fsp3) is 0.417. The van der Waals surface area contributed by atoms with Gasteiger partial charge in [-0.05, 0) is 38.0 Å². The van der Waals surface area contributed by atoms with Gasteiger partial charge in [-0.15, -0.1) is 0 Å². The van der Waals surface area contributed by atoms with Crippen LogP contribution in [0.4, 0.5) is 5.69 Å². The Morgan fingerprint density at radius 1 is 1.09 bits per heavy atom. The fourth-order valence-corrected chi connectivity index (χ4v) is 4.91. The number of carbonyl (C=O) groups excluding carboxylic acids is 2. The second-order valence-corrected chi connectivity index (χ2v) is 10.2. The highest BCUT2D eigenvalue weighted by Crippen LogP contribution is 2.36. The van der Waals surface area contributed by atoms with Gasteiger partial charge in [-0.1, -0.05) is 36.8 Å². The van der Waals surface area contributed by atoms with Crippen LogP contribution in [0.15, 0.2) is 42.5 Å². The van der Waals surface area contributed by atoms with E-state index in [1.807, 2.05) is 38.1 Å². The number of aryl methyl sites for hydroxylation is 1. The quantitative estimate of drug-likeness (QED) is 0.550. The molecule has 1 aliphatic rings. The Kier molecular flexibility index (Phi) is 8.03. The summed E-state index contributed by atoms with van der Waals surface area (Å²) in [6, 6.07) is 11.6. The molecular formula is C24H31N3O6S. The van der Waals surface area contributed by atoms with Crippen molar-refractivity contribution in [2.45, 2.75) is 39.8 Å². The van der Waals surface area contributed by atoms with E-state index in [0.717, 1.165) is 15.4 Å². The van der Waals surface area contributed by atoms with Crippen LogP contribution >= 0.6 is 0 Å². The third-order valence-electron chi connectivity index (χ3n) is 5.69. The molecule has 1 aliphatic heterocycles. The molecule has 34 heavy (non-hydrogen) atoms. The van der Waals surface area contributed by atoms with Gasteiger partial charge in [-0.2, -0.15) is 0 Å². The number of sulfonamides is 1. The van der Waals surface area contributed by atoms with Crippen molar-refractivity contribution in [1.82, 2.24) is 10.2 Å². The van der Waals surface area contributed by atoms with Crippen LogP contribution in [0.2, 0.25) is 0 Å². The molecule has 2 aromatic rings. The number of hydrogen-bond donors (Lipinski definition) is 1. The number of fused-ring (bicyclic) bond motifs is 1. The first-order chi connectivity index (χ1) is 16.2. The van der Waals surface area contributed by atoms with Gasteiger partial charge in [0.25, 0.3) is 0 Å². The van der Waals surface area contributed by atoms with E-state index in [0.29, 0.717) is 23.6 Å². The van der Waals surface area contributed by atoms with Gasteiger partial charge in [-0.25, -0.2) is 8.42 Å². The van der Waals surface area contributed by atoms with Gasteiger partial charge >= 0.3 is 0 Å². The molecule has 9 nitrogen and oxygen atoms in total. The third kappa shape index (κ3) is 5.61. The Hall–Kier alpha value is -3.27. The number of benzene rings is 2. The largest absolute Gasteiger partial charge is 0.454 e. The van der Waals surface area contributed by atoms with Crippen molar-refractivity contribution >= 4 is 27.5 Å². The number of hydrogen-bond acceptors (Lipinski definition) is 6. The van der Waals surface area contributed by atoms with Gasteiger partial charge in [0.05, 0.1) is 11.4 Å². The summed E-state index contributed by atoms with van der Waals surface area (Å²) in [6.45, 7) is 5.05. The van der Waals surface area contributed by atoms with Crippen LogP contribution in [-0.4, -0.2) is 57.3 Å². The molecule has 1 heterocycles. The van der Waals surface area contributed by atoms with Crippen molar-refractivity contribution in [2.75, 3.05) is 30.4 Å². The van der Waals surface area contributed by atoms with Crippen molar-refractivity contribution in [3.8, 4) is 11.5 Å². The summed E-state index contributed by atoms with van der Waals surface area (Å²) in [5, 5.41) is 2.61. The van der Waals surface area contributed by atoms with E-state index >= 15 is 0 Å². The molecule has 1 atom stereocenters. The topological polar surface area (TPSA) is 105 Å². The molecule has 0 saturated carbocycles. The van der Waals surface area contributed by atoms with Crippen molar-refractivity contribution < 1.29 is 27.5 Å². The van der Waals surface area contributed by atoms with E-state index in [1.54, 1.807) is 18.2 Å². The molecule has 0 fully saturated rings. The number of nitrogens with one attached hydrogen (secondary N) is 1. The average Bonchev–Trinajstić information content (AvgIpc) is 3.29. The van der Waals surface area contributed by atoms with Crippen LogP contribution in [0.3, 0.4) is 0 Å². The summed E-state index contributed by atoms with van der Waals surface area (Å²) < 4.78 is 37.8. The van der Waals surface area contributed by atoms with Crippen molar-refractivity contribution in [3.63, 3.8) is 0 Å². The Labute approximate surface area is 200 Å². The van der Waals surface area contributed by atoms with E-state index in [-0.39, 0.29) is 25.0 Å². The van der Waals surface area contributed by atoms with E-state index in [4.69, 9.17) is 9.47 Å². The van der Waals surface area contributed by atoms with Crippen LogP contribution in [0.25, 0.3) is 0 Å². The van der Waals surface area contributed by atoms with Gasteiger partial charge in [0, 0.05) is 19.7 Å². The molecule has 2 amide bonds. The van der Waals surface area contributed by atoms with Crippen molar-refractivity contribution in [3.05, 3.63) is 53.6 Å². The van der Waals surface area contributed by atoms with Gasteiger partial charge in [-0.3, -0.25) is 13.9 Å². The lowest BCUT2D eigenvalue weighted by Crippen LogP contribution is -2.52. The smallest absolute Gasteiger partial charge is 0.244 e. The van der Waals surface area contributed by atoms with E-state index in [2.05, 4.69) is 5.32 Å². The number of anilines is 1. The molecule has 0 aliphatic carbocycles. The molecule has 3 rings (SSSR count). The molecule has 0 bridgehead atoms. The van der Waals surface area contributed by atoms with Gasteiger partial charge < -0.3 is 19.7 Å². The lowest BCUT2D eigenvalue weighted by Gasteiger charge is -2.33. The van der Waals surface area contributed by atoms with Crippen molar-refractivity contribution in [1.29, 1.82) is 0 Å². The van der Waals surface area contributed by atoms with Crippen LogP contribution in [0, 0.1) is 6.92 Å². The van der Waals surface area contributed by atoms with Crippen molar-refractivity contribution in [2.24, 2.45) is 0 Å². The van der Waals surface area contributed by atoms with E-state index in [1.165, 1.54) is 18.9 Å². The highest BCUT2D eigenvalue weighted by molar-refractivity contribution is 7.92. The average molecular weight is 490 g/mol. The molecule has 0 saturated heterocycles.